The Bertz CT molecular complexity index is 561. The van der Waals surface area contributed by atoms with Gasteiger partial charge in [-0.1, -0.05) is 24.3 Å². The van der Waals surface area contributed by atoms with Crippen LogP contribution >= 0.6 is 0 Å². The number of hydrogen-bond donors (Lipinski definition) is 0. The third-order valence-electron chi connectivity index (χ3n) is 5.15. The number of carbonyl (C=O) groups is 1. The summed E-state index contributed by atoms with van der Waals surface area (Å²) in [6.45, 7) is 3.63. The first-order chi connectivity index (χ1) is 11.1. The van der Waals surface area contributed by atoms with Crippen molar-refractivity contribution >= 4 is 5.91 Å². The van der Waals surface area contributed by atoms with Gasteiger partial charge in [-0.05, 0) is 56.0 Å². The molecule has 0 bridgehead atoms. The standard InChI is InChI=1S/C19H25FN2O/c1-21-11-3-2-4-18(19(21)23)16-9-12-22(13-10-16)14-15-5-7-17(20)8-6-15/h2-3,5-8,16,18H,4,9-14H2,1H3. The Labute approximate surface area is 137 Å². The molecule has 2 aliphatic rings. The van der Waals surface area contributed by atoms with Crippen LogP contribution in [-0.4, -0.2) is 42.4 Å². The highest BCUT2D eigenvalue weighted by atomic mass is 19.1. The van der Waals surface area contributed by atoms with Crippen LogP contribution in [0.4, 0.5) is 4.39 Å². The molecule has 1 fully saturated rings. The lowest BCUT2D eigenvalue weighted by Crippen LogP contribution is -2.41. The van der Waals surface area contributed by atoms with Gasteiger partial charge in [0.25, 0.3) is 0 Å². The van der Waals surface area contributed by atoms with Crippen molar-refractivity contribution in [1.82, 2.24) is 9.80 Å². The summed E-state index contributed by atoms with van der Waals surface area (Å²) in [5.74, 6) is 0.743. The second-order valence-corrected chi connectivity index (χ2v) is 6.77. The second-order valence-electron chi connectivity index (χ2n) is 6.77. The van der Waals surface area contributed by atoms with Crippen LogP contribution in [0.2, 0.25) is 0 Å². The summed E-state index contributed by atoms with van der Waals surface area (Å²) in [7, 11) is 1.90. The molecule has 0 aliphatic carbocycles. The summed E-state index contributed by atoms with van der Waals surface area (Å²) in [6.07, 6.45) is 7.28. The molecule has 0 spiro atoms. The number of amides is 1. The SMILES string of the molecule is CN1CC=CCC(C2CCN(Cc3ccc(F)cc3)CC2)C1=O. The molecule has 0 radical (unpaired) electrons. The molecule has 23 heavy (non-hydrogen) atoms. The van der Waals surface area contributed by atoms with Crippen LogP contribution in [0.15, 0.2) is 36.4 Å². The Morgan fingerprint density at radius 3 is 2.52 bits per heavy atom. The molecule has 3 rings (SSSR count). The zero-order valence-corrected chi connectivity index (χ0v) is 13.7. The number of allylic oxidation sites excluding steroid dienone is 1. The van der Waals surface area contributed by atoms with Gasteiger partial charge < -0.3 is 4.90 Å². The molecule has 0 N–H and O–H groups in total. The molecule has 0 aromatic heterocycles. The molecule has 2 aliphatic heterocycles. The predicted molar refractivity (Wildman–Crippen MR) is 89.3 cm³/mol. The van der Waals surface area contributed by atoms with Gasteiger partial charge in [-0.2, -0.15) is 0 Å². The van der Waals surface area contributed by atoms with E-state index in [2.05, 4.69) is 17.1 Å². The number of rotatable bonds is 3. The van der Waals surface area contributed by atoms with Crippen LogP contribution < -0.4 is 0 Å². The van der Waals surface area contributed by atoms with Gasteiger partial charge in [0.1, 0.15) is 5.82 Å². The number of hydrogen-bond acceptors (Lipinski definition) is 2. The van der Waals surface area contributed by atoms with E-state index in [1.54, 1.807) is 0 Å². The molecule has 1 saturated heterocycles. The van der Waals surface area contributed by atoms with Crippen molar-refractivity contribution in [2.24, 2.45) is 11.8 Å². The maximum absolute atomic E-state index is 13.0. The highest BCUT2D eigenvalue weighted by Crippen LogP contribution is 2.30. The number of benzene rings is 1. The van der Waals surface area contributed by atoms with Crippen LogP contribution in [0.3, 0.4) is 0 Å². The predicted octanol–water partition coefficient (Wildman–Crippen LogP) is 3.07. The van der Waals surface area contributed by atoms with Crippen molar-refractivity contribution in [3.05, 3.63) is 47.8 Å². The summed E-state index contributed by atoms with van der Waals surface area (Å²) in [5.41, 5.74) is 1.15. The topological polar surface area (TPSA) is 23.6 Å². The molecule has 3 nitrogen and oxygen atoms in total. The largest absolute Gasteiger partial charge is 0.342 e. The van der Waals surface area contributed by atoms with Gasteiger partial charge in [-0.3, -0.25) is 9.69 Å². The Kier molecular flexibility index (Phi) is 5.11. The van der Waals surface area contributed by atoms with E-state index in [0.29, 0.717) is 11.8 Å². The zero-order chi connectivity index (χ0) is 16.2. The van der Waals surface area contributed by atoms with E-state index < -0.39 is 0 Å². The molecular formula is C19H25FN2O. The minimum absolute atomic E-state index is 0.145. The quantitative estimate of drug-likeness (QED) is 0.800. The Hall–Kier alpha value is -1.68. The van der Waals surface area contributed by atoms with E-state index in [1.807, 2.05) is 24.1 Å². The molecule has 124 valence electrons. The average molecular weight is 316 g/mol. The van der Waals surface area contributed by atoms with Crippen molar-refractivity contribution in [3.8, 4) is 0 Å². The lowest BCUT2D eigenvalue weighted by molar-refractivity contribution is -0.135. The molecule has 2 heterocycles. The van der Waals surface area contributed by atoms with Crippen molar-refractivity contribution in [1.29, 1.82) is 0 Å². The number of nitrogens with zero attached hydrogens (tertiary/aromatic N) is 2. The van der Waals surface area contributed by atoms with Crippen molar-refractivity contribution in [2.75, 3.05) is 26.7 Å². The summed E-state index contributed by atoms with van der Waals surface area (Å²) in [4.78, 5) is 16.7. The highest BCUT2D eigenvalue weighted by Gasteiger charge is 2.32. The number of carbonyl (C=O) groups excluding carboxylic acids is 1. The van der Waals surface area contributed by atoms with Gasteiger partial charge in [0.2, 0.25) is 5.91 Å². The third-order valence-corrected chi connectivity index (χ3v) is 5.15. The minimum atomic E-state index is -0.184. The Balaban J connectivity index is 1.54. The maximum Gasteiger partial charge on any atom is 0.226 e. The van der Waals surface area contributed by atoms with Crippen LogP contribution in [0.1, 0.15) is 24.8 Å². The average Bonchev–Trinajstić information content (AvgIpc) is 2.73. The van der Waals surface area contributed by atoms with E-state index in [0.717, 1.165) is 51.0 Å². The monoisotopic (exact) mass is 316 g/mol. The first-order valence-electron chi connectivity index (χ1n) is 8.50. The molecular weight excluding hydrogens is 291 g/mol. The van der Waals surface area contributed by atoms with Crippen LogP contribution in [0, 0.1) is 17.7 Å². The normalized spacial score (nSPS) is 24.0. The first-order valence-corrected chi connectivity index (χ1v) is 8.50. The van der Waals surface area contributed by atoms with Crippen molar-refractivity contribution in [2.45, 2.75) is 25.8 Å². The Morgan fingerprint density at radius 2 is 1.83 bits per heavy atom. The molecule has 4 heteroatoms. The number of piperidine rings is 1. The van der Waals surface area contributed by atoms with Gasteiger partial charge in [-0.25, -0.2) is 4.39 Å². The second kappa shape index (κ2) is 7.26. The third kappa shape index (κ3) is 3.99. The minimum Gasteiger partial charge on any atom is -0.342 e. The molecule has 1 unspecified atom stereocenters. The van der Waals surface area contributed by atoms with Gasteiger partial charge in [0.05, 0.1) is 0 Å². The fourth-order valence-corrected chi connectivity index (χ4v) is 3.70. The summed E-state index contributed by atoms with van der Waals surface area (Å²) in [5, 5.41) is 0. The van der Waals surface area contributed by atoms with Crippen molar-refractivity contribution < 1.29 is 9.18 Å². The van der Waals surface area contributed by atoms with Crippen LogP contribution in [-0.2, 0) is 11.3 Å². The fraction of sp³-hybridized carbons (Fsp3) is 0.526. The van der Waals surface area contributed by atoms with Crippen LogP contribution in [0.25, 0.3) is 0 Å². The van der Waals surface area contributed by atoms with E-state index >= 15 is 0 Å². The van der Waals surface area contributed by atoms with Gasteiger partial charge in [0.15, 0.2) is 0 Å². The molecule has 1 amide bonds. The smallest absolute Gasteiger partial charge is 0.226 e. The van der Waals surface area contributed by atoms with Gasteiger partial charge in [0, 0.05) is 26.1 Å². The van der Waals surface area contributed by atoms with Crippen LogP contribution in [0.5, 0.6) is 0 Å². The molecule has 1 atom stereocenters. The van der Waals surface area contributed by atoms with Crippen molar-refractivity contribution in [3.63, 3.8) is 0 Å². The highest BCUT2D eigenvalue weighted by molar-refractivity contribution is 5.79. The van der Waals surface area contributed by atoms with Gasteiger partial charge >= 0.3 is 0 Å². The number of likely N-dealkylation sites (N-methyl/N-ethyl adjacent to an activating group) is 1. The molecule has 1 aromatic carbocycles. The number of likely N-dealkylation sites (tertiary alicyclic amines) is 1. The van der Waals surface area contributed by atoms with E-state index in [1.165, 1.54) is 12.1 Å². The number of halogens is 1. The molecule has 0 saturated carbocycles. The zero-order valence-electron chi connectivity index (χ0n) is 13.7. The van der Waals surface area contributed by atoms with E-state index in [9.17, 15) is 9.18 Å². The summed E-state index contributed by atoms with van der Waals surface area (Å²) >= 11 is 0. The fourth-order valence-electron chi connectivity index (χ4n) is 3.70. The van der Waals surface area contributed by atoms with E-state index in [4.69, 9.17) is 0 Å². The summed E-state index contributed by atoms with van der Waals surface area (Å²) in [6, 6.07) is 6.76. The van der Waals surface area contributed by atoms with Gasteiger partial charge in [-0.15, -0.1) is 0 Å². The van der Waals surface area contributed by atoms with E-state index in [-0.39, 0.29) is 11.7 Å². The lowest BCUT2D eigenvalue weighted by Gasteiger charge is -2.36. The maximum atomic E-state index is 13.0. The first kappa shape index (κ1) is 16.2. The lowest BCUT2D eigenvalue weighted by atomic mass is 9.81. The summed E-state index contributed by atoms with van der Waals surface area (Å²) < 4.78 is 13.0. The molecule has 1 aromatic rings. The Morgan fingerprint density at radius 1 is 1.13 bits per heavy atom.